The van der Waals surface area contributed by atoms with E-state index in [4.69, 9.17) is 4.74 Å². The van der Waals surface area contributed by atoms with Crippen LogP contribution in [0, 0.1) is 6.92 Å². The predicted molar refractivity (Wildman–Crippen MR) is 108 cm³/mol. The fourth-order valence-electron chi connectivity index (χ4n) is 3.13. The van der Waals surface area contributed by atoms with Gasteiger partial charge in [-0.25, -0.2) is 5.01 Å². The molecule has 2 amide bonds. The number of carbonyl (C=O) groups is 2. The minimum Gasteiger partial charge on any atom is -0.497 e. The van der Waals surface area contributed by atoms with E-state index in [-0.39, 0.29) is 24.4 Å². The Morgan fingerprint density at radius 3 is 2.36 bits per heavy atom. The Bertz CT molecular complexity index is 888. The molecule has 146 valence electrons. The third kappa shape index (κ3) is 4.22. The van der Waals surface area contributed by atoms with Gasteiger partial charge in [0.15, 0.2) is 0 Å². The van der Waals surface area contributed by atoms with Gasteiger partial charge in [-0.2, -0.15) is 5.10 Å². The standard InChI is InChI=1S/C22H25N3O3/c1-15-5-7-18(8-6-15)21-13-20(17-9-11-19(28-4)12-10-17)23-25(21)22(27)14-24(3)16(2)26/h5-12,21H,13-14H2,1-4H3/t21-/m0/s1. The second-order valence-electron chi connectivity index (χ2n) is 7.02. The first-order valence-electron chi connectivity index (χ1n) is 9.21. The molecule has 6 nitrogen and oxygen atoms in total. The summed E-state index contributed by atoms with van der Waals surface area (Å²) in [7, 11) is 3.24. The topological polar surface area (TPSA) is 62.2 Å². The van der Waals surface area contributed by atoms with Crippen LogP contribution in [-0.2, 0) is 9.59 Å². The Morgan fingerprint density at radius 1 is 1.14 bits per heavy atom. The van der Waals surface area contributed by atoms with E-state index in [2.05, 4.69) is 5.10 Å². The fourth-order valence-corrected chi connectivity index (χ4v) is 3.13. The highest BCUT2D eigenvalue weighted by molar-refractivity contribution is 6.03. The third-order valence-corrected chi connectivity index (χ3v) is 4.96. The molecule has 0 spiro atoms. The molecule has 1 aliphatic heterocycles. The molecule has 0 fully saturated rings. The van der Waals surface area contributed by atoms with Crippen molar-refractivity contribution in [3.63, 3.8) is 0 Å². The molecule has 28 heavy (non-hydrogen) atoms. The van der Waals surface area contributed by atoms with E-state index in [0.29, 0.717) is 6.42 Å². The van der Waals surface area contributed by atoms with Crippen molar-refractivity contribution in [2.24, 2.45) is 5.10 Å². The van der Waals surface area contributed by atoms with Gasteiger partial charge in [-0.15, -0.1) is 0 Å². The zero-order valence-corrected chi connectivity index (χ0v) is 16.7. The first kappa shape index (κ1) is 19.6. The van der Waals surface area contributed by atoms with Gasteiger partial charge >= 0.3 is 0 Å². The number of hydrazone groups is 1. The van der Waals surface area contributed by atoms with Crippen LogP contribution in [-0.4, -0.2) is 48.1 Å². The van der Waals surface area contributed by atoms with Crippen molar-refractivity contribution in [2.75, 3.05) is 20.7 Å². The molecule has 0 saturated heterocycles. The molecule has 0 aromatic heterocycles. The van der Waals surface area contributed by atoms with E-state index >= 15 is 0 Å². The van der Waals surface area contributed by atoms with Crippen molar-refractivity contribution >= 4 is 17.5 Å². The van der Waals surface area contributed by atoms with Gasteiger partial charge in [0.05, 0.1) is 18.9 Å². The van der Waals surface area contributed by atoms with E-state index < -0.39 is 0 Å². The first-order valence-corrected chi connectivity index (χ1v) is 9.21. The van der Waals surface area contributed by atoms with Crippen LogP contribution < -0.4 is 4.74 Å². The quantitative estimate of drug-likeness (QED) is 0.802. The van der Waals surface area contributed by atoms with Crippen molar-refractivity contribution < 1.29 is 14.3 Å². The molecule has 1 heterocycles. The van der Waals surface area contributed by atoms with Crippen LogP contribution in [0.1, 0.15) is 36.1 Å². The van der Waals surface area contributed by atoms with Crippen LogP contribution in [0.5, 0.6) is 5.75 Å². The maximum Gasteiger partial charge on any atom is 0.262 e. The molecule has 0 unspecified atom stereocenters. The molecular weight excluding hydrogens is 354 g/mol. The number of hydrogen-bond acceptors (Lipinski definition) is 4. The number of rotatable bonds is 5. The highest BCUT2D eigenvalue weighted by Crippen LogP contribution is 2.33. The Kier molecular flexibility index (Phi) is 5.78. The Morgan fingerprint density at radius 2 is 1.79 bits per heavy atom. The maximum absolute atomic E-state index is 12.9. The number of carbonyl (C=O) groups excluding carboxylic acids is 2. The monoisotopic (exact) mass is 379 g/mol. The number of aryl methyl sites for hydroxylation is 1. The summed E-state index contributed by atoms with van der Waals surface area (Å²) in [6.45, 7) is 3.47. The minimum atomic E-state index is -0.202. The smallest absolute Gasteiger partial charge is 0.262 e. The molecule has 3 rings (SSSR count). The number of amides is 2. The number of likely N-dealkylation sites (N-methyl/N-ethyl adjacent to an activating group) is 1. The normalized spacial score (nSPS) is 15.9. The molecule has 2 aromatic carbocycles. The Hall–Kier alpha value is -3.15. The highest BCUT2D eigenvalue weighted by Gasteiger charge is 2.33. The van der Waals surface area contributed by atoms with Crippen LogP contribution in [0.25, 0.3) is 0 Å². The van der Waals surface area contributed by atoms with E-state index in [1.807, 2.05) is 55.5 Å². The lowest BCUT2D eigenvalue weighted by Gasteiger charge is -2.24. The lowest BCUT2D eigenvalue weighted by Crippen LogP contribution is -2.38. The molecule has 6 heteroatoms. The number of hydrogen-bond donors (Lipinski definition) is 0. The number of ether oxygens (including phenoxy) is 1. The van der Waals surface area contributed by atoms with Gasteiger partial charge in [-0.05, 0) is 42.3 Å². The molecule has 1 atom stereocenters. The highest BCUT2D eigenvalue weighted by atomic mass is 16.5. The van der Waals surface area contributed by atoms with E-state index in [0.717, 1.165) is 28.2 Å². The van der Waals surface area contributed by atoms with Crippen LogP contribution >= 0.6 is 0 Å². The van der Waals surface area contributed by atoms with Crippen molar-refractivity contribution in [2.45, 2.75) is 26.3 Å². The molecule has 0 bridgehead atoms. The van der Waals surface area contributed by atoms with Crippen molar-refractivity contribution in [1.29, 1.82) is 0 Å². The van der Waals surface area contributed by atoms with Gasteiger partial charge in [0.1, 0.15) is 12.3 Å². The summed E-state index contributed by atoms with van der Waals surface area (Å²) in [6.07, 6.45) is 0.616. The third-order valence-electron chi connectivity index (χ3n) is 4.96. The summed E-state index contributed by atoms with van der Waals surface area (Å²) < 4.78 is 5.22. The van der Waals surface area contributed by atoms with Crippen LogP contribution in [0.4, 0.5) is 0 Å². The molecule has 0 N–H and O–H groups in total. The summed E-state index contributed by atoms with van der Waals surface area (Å²) in [5, 5.41) is 6.15. The van der Waals surface area contributed by atoms with Gasteiger partial charge in [0, 0.05) is 20.4 Å². The first-order chi connectivity index (χ1) is 13.4. The summed E-state index contributed by atoms with van der Waals surface area (Å²) >= 11 is 0. The van der Waals surface area contributed by atoms with Gasteiger partial charge in [0.25, 0.3) is 5.91 Å². The average Bonchev–Trinajstić information content (AvgIpc) is 3.14. The van der Waals surface area contributed by atoms with E-state index in [1.54, 1.807) is 14.2 Å². The summed E-state index contributed by atoms with van der Waals surface area (Å²) in [5.74, 6) is 0.416. The second-order valence-corrected chi connectivity index (χ2v) is 7.02. The maximum atomic E-state index is 12.9. The summed E-state index contributed by atoms with van der Waals surface area (Å²) in [4.78, 5) is 25.8. The largest absolute Gasteiger partial charge is 0.497 e. The zero-order valence-electron chi connectivity index (χ0n) is 16.7. The van der Waals surface area contributed by atoms with Crippen molar-refractivity contribution in [1.82, 2.24) is 9.91 Å². The molecular formula is C22H25N3O3. The van der Waals surface area contributed by atoms with Crippen LogP contribution in [0.15, 0.2) is 53.6 Å². The number of methoxy groups -OCH3 is 1. The van der Waals surface area contributed by atoms with Crippen molar-refractivity contribution in [3.8, 4) is 5.75 Å². The predicted octanol–water partition coefficient (Wildman–Crippen LogP) is 3.16. The number of nitrogens with zero attached hydrogens (tertiary/aromatic N) is 3. The van der Waals surface area contributed by atoms with Gasteiger partial charge in [-0.1, -0.05) is 29.8 Å². The number of benzene rings is 2. The Labute approximate surface area is 165 Å². The zero-order chi connectivity index (χ0) is 20.3. The van der Waals surface area contributed by atoms with Gasteiger partial charge in [-0.3, -0.25) is 9.59 Å². The molecule has 0 aliphatic carbocycles. The lowest BCUT2D eigenvalue weighted by atomic mass is 9.97. The molecule has 0 radical (unpaired) electrons. The molecule has 1 aliphatic rings. The lowest BCUT2D eigenvalue weighted by molar-refractivity contribution is -0.139. The fraction of sp³-hybridized carbons (Fsp3) is 0.318. The van der Waals surface area contributed by atoms with E-state index in [1.165, 1.54) is 16.8 Å². The van der Waals surface area contributed by atoms with E-state index in [9.17, 15) is 9.59 Å². The average molecular weight is 379 g/mol. The summed E-state index contributed by atoms with van der Waals surface area (Å²) in [5.41, 5.74) is 3.98. The minimum absolute atomic E-state index is 0.00289. The Balaban J connectivity index is 1.91. The SMILES string of the molecule is COc1ccc(C2=NN(C(=O)CN(C)C(C)=O)[C@H](c3ccc(C)cc3)C2)cc1. The van der Waals surface area contributed by atoms with Gasteiger partial charge < -0.3 is 9.64 Å². The van der Waals surface area contributed by atoms with Crippen LogP contribution in [0.2, 0.25) is 0 Å². The van der Waals surface area contributed by atoms with Crippen molar-refractivity contribution in [3.05, 3.63) is 65.2 Å². The summed E-state index contributed by atoms with van der Waals surface area (Å²) in [6, 6.07) is 15.6. The molecule has 2 aromatic rings. The van der Waals surface area contributed by atoms with Crippen LogP contribution in [0.3, 0.4) is 0 Å². The second kappa shape index (κ2) is 8.25. The van der Waals surface area contributed by atoms with Gasteiger partial charge in [0.2, 0.25) is 5.91 Å². The molecule has 0 saturated carbocycles.